The summed E-state index contributed by atoms with van der Waals surface area (Å²) in [7, 11) is 0. The smallest absolute Gasteiger partial charge is 0.432 e. The summed E-state index contributed by atoms with van der Waals surface area (Å²) in [6.45, 7) is 11.3. The lowest BCUT2D eigenvalue weighted by atomic mass is 9.85. The van der Waals surface area contributed by atoms with E-state index in [0.717, 1.165) is 10.2 Å². The second-order valence-corrected chi connectivity index (χ2v) is 8.90. The molecule has 182 valence electrons. The van der Waals surface area contributed by atoms with Crippen LogP contribution in [0.5, 0.6) is 0 Å². The first-order chi connectivity index (χ1) is 16.5. The molecule has 0 bridgehead atoms. The monoisotopic (exact) mass is 475 g/mol. The number of amides is 2. The number of carboxylic acid groups (broad SMARTS) is 1. The van der Waals surface area contributed by atoms with Gasteiger partial charge in [-0.15, -0.1) is 5.10 Å². The van der Waals surface area contributed by atoms with Gasteiger partial charge in [-0.2, -0.15) is 4.68 Å². The Hall–Kier alpha value is -4.40. The van der Waals surface area contributed by atoms with Gasteiger partial charge in [-0.05, 0) is 60.4 Å². The number of anilines is 4. The molecule has 2 amide bonds. The first kappa shape index (κ1) is 25.2. The lowest BCUT2D eigenvalue weighted by Gasteiger charge is -2.21. The van der Waals surface area contributed by atoms with Crippen molar-refractivity contribution in [2.24, 2.45) is 0 Å². The van der Waals surface area contributed by atoms with Gasteiger partial charge in [0, 0.05) is 28.2 Å². The summed E-state index contributed by atoms with van der Waals surface area (Å²) in [5, 5.41) is 22.6. The zero-order chi connectivity index (χ0) is 25.8. The summed E-state index contributed by atoms with van der Waals surface area (Å²) in [5.41, 5.74) is 3.28. The molecule has 0 spiro atoms. The molecule has 4 N–H and O–H groups in total. The number of hydrogen-bond donors (Lipinski definition) is 4. The maximum atomic E-state index is 12.7. The van der Waals surface area contributed by atoms with Gasteiger partial charge >= 0.3 is 6.09 Å². The Morgan fingerprint density at radius 3 is 2.26 bits per heavy atom. The van der Waals surface area contributed by atoms with Crippen molar-refractivity contribution in [1.29, 1.82) is 0 Å². The molecular formula is C26H29N5O4. The van der Waals surface area contributed by atoms with E-state index in [1.807, 2.05) is 33.8 Å². The van der Waals surface area contributed by atoms with E-state index in [1.54, 1.807) is 42.5 Å². The average Bonchev–Trinajstić information content (AvgIpc) is 3.18. The third-order valence-electron chi connectivity index (χ3n) is 5.23. The molecule has 35 heavy (non-hydrogen) atoms. The normalized spacial score (nSPS) is 11.0. The quantitative estimate of drug-likeness (QED) is 0.340. The molecule has 0 aliphatic heterocycles. The van der Waals surface area contributed by atoms with Gasteiger partial charge in [0.15, 0.2) is 5.82 Å². The van der Waals surface area contributed by atoms with Crippen LogP contribution in [0.2, 0.25) is 0 Å². The van der Waals surface area contributed by atoms with Crippen LogP contribution in [0.3, 0.4) is 0 Å². The maximum Gasteiger partial charge on any atom is 0.432 e. The van der Waals surface area contributed by atoms with Crippen molar-refractivity contribution < 1.29 is 19.5 Å². The SMILES string of the molecule is C=CC(=O)Nc1ccc(C(=O)Nc2cccc(Nc3nn(C(=O)O)c(CC)c3C(C)(C)C)c2)cc1. The maximum absolute atomic E-state index is 12.7. The van der Waals surface area contributed by atoms with Crippen LogP contribution in [-0.4, -0.2) is 32.8 Å². The fraction of sp³-hybridized carbons (Fsp3) is 0.231. The molecule has 9 nitrogen and oxygen atoms in total. The van der Waals surface area contributed by atoms with Gasteiger partial charge in [-0.25, -0.2) is 4.79 Å². The lowest BCUT2D eigenvalue weighted by molar-refractivity contribution is -0.111. The zero-order valence-corrected chi connectivity index (χ0v) is 20.2. The molecular weight excluding hydrogens is 446 g/mol. The van der Waals surface area contributed by atoms with Crippen LogP contribution < -0.4 is 16.0 Å². The molecule has 0 aliphatic carbocycles. The van der Waals surface area contributed by atoms with Crippen molar-refractivity contribution in [3.8, 4) is 0 Å². The summed E-state index contributed by atoms with van der Waals surface area (Å²) in [4.78, 5) is 35.8. The van der Waals surface area contributed by atoms with Crippen LogP contribution in [0.1, 0.15) is 49.3 Å². The predicted molar refractivity (Wildman–Crippen MR) is 137 cm³/mol. The highest BCUT2D eigenvalue weighted by Gasteiger charge is 2.29. The molecule has 1 aromatic heterocycles. The minimum Gasteiger partial charge on any atom is -0.463 e. The molecule has 0 unspecified atom stereocenters. The first-order valence-electron chi connectivity index (χ1n) is 11.1. The molecule has 0 fully saturated rings. The molecule has 3 aromatic rings. The largest absolute Gasteiger partial charge is 0.463 e. The van der Waals surface area contributed by atoms with E-state index in [1.165, 1.54) is 6.08 Å². The topological polar surface area (TPSA) is 125 Å². The summed E-state index contributed by atoms with van der Waals surface area (Å²) in [5.74, 6) is -0.194. The van der Waals surface area contributed by atoms with Gasteiger partial charge in [-0.1, -0.05) is 40.3 Å². The second kappa shape index (κ2) is 10.3. The Kier molecular flexibility index (Phi) is 7.39. The Bertz CT molecular complexity index is 1270. The number of hydrogen-bond acceptors (Lipinski definition) is 5. The highest BCUT2D eigenvalue weighted by molar-refractivity contribution is 6.05. The Balaban J connectivity index is 1.81. The summed E-state index contributed by atoms with van der Waals surface area (Å²) < 4.78 is 1.01. The molecule has 9 heteroatoms. The summed E-state index contributed by atoms with van der Waals surface area (Å²) in [6, 6.07) is 13.6. The average molecular weight is 476 g/mol. The number of carbonyl (C=O) groups excluding carboxylic acids is 2. The third kappa shape index (κ3) is 5.94. The van der Waals surface area contributed by atoms with Crippen molar-refractivity contribution in [3.63, 3.8) is 0 Å². The molecule has 0 aliphatic rings. The Morgan fingerprint density at radius 1 is 1.03 bits per heavy atom. The number of benzene rings is 2. The molecule has 3 rings (SSSR count). The fourth-order valence-electron chi connectivity index (χ4n) is 3.73. The van der Waals surface area contributed by atoms with Crippen molar-refractivity contribution in [1.82, 2.24) is 9.78 Å². The van der Waals surface area contributed by atoms with Crippen molar-refractivity contribution >= 4 is 40.8 Å². The minimum atomic E-state index is -1.14. The number of nitrogens with zero attached hydrogens (tertiary/aromatic N) is 2. The van der Waals surface area contributed by atoms with E-state index in [-0.39, 0.29) is 17.2 Å². The van der Waals surface area contributed by atoms with E-state index < -0.39 is 6.09 Å². The van der Waals surface area contributed by atoms with Gasteiger partial charge in [-0.3, -0.25) is 9.59 Å². The van der Waals surface area contributed by atoms with E-state index in [0.29, 0.717) is 40.6 Å². The molecule has 0 atom stereocenters. The van der Waals surface area contributed by atoms with Crippen LogP contribution >= 0.6 is 0 Å². The van der Waals surface area contributed by atoms with E-state index >= 15 is 0 Å². The van der Waals surface area contributed by atoms with Gasteiger partial charge in [0.25, 0.3) is 5.91 Å². The van der Waals surface area contributed by atoms with Crippen molar-refractivity contribution in [2.75, 3.05) is 16.0 Å². The fourth-order valence-corrected chi connectivity index (χ4v) is 3.73. The standard InChI is InChI=1S/C26H29N5O4/c1-6-20-22(26(3,4)5)23(30-31(20)25(34)35)28-18-9-8-10-19(15-18)29-24(33)16-11-13-17(14-12-16)27-21(32)7-2/h7-15H,2,6H2,1,3-5H3,(H,27,32)(H,28,30)(H,29,33)(H,34,35). The van der Waals surface area contributed by atoms with Gasteiger partial charge in [0.1, 0.15) is 0 Å². The third-order valence-corrected chi connectivity index (χ3v) is 5.23. The predicted octanol–water partition coefficient (Wildman–Crippen LogP) is 5.39. The van der Waals surface area contributed by atoms with E-state index in [9.17, 15) is 19.5 Å². The molecule has 0 radical (unpaired) electrons. The van der Waals surface area contributed by atoms with Crippen molar-refractivity contribution in [3.05, 3.63) is 78.0 Å². The second-order valence-electron chi connectivity index (χ2n) is 8.90. The highest BCUT2D eigenvalue weighted by atomic mass is 16.4. The Morgan fingerprint density at radius 2 is 1.69 bits per heavy atom. The lowest BCUT2D eigenvalue weighted by Crippen LogP contribution is -2.18. The first-order valence-corrected chi connectivity index (χ1v) is 11.1. The highest BCUT2D eigenvalue weighted by Crippen LogP contribution is 2.35. The zero-order valence-electron chi connectivity index (χ0n) is 20.2. The minimum absolute atomic E-state index is 0.317. The number of aromatic nitrogens is 2. The molecule has 0 saturated heterocycles. The van der Waals surface area contributed by atoms with Crippen LogP contribution in [0.4, 0.5) is 27.7 Å². The molecule has 0 saturated carbocycles. The number of rotatable bonds is 7. The van der Waals surface area contributed by atoms with Crippen LogP contribution in [0, 0.1) is 0 Å². The molecule has 1 heterocycles. The number of carbonyl (C=O) groups is 3. The van der Waals surface area contributed by atoms with E-state index in [4.69, 9.17) is 0 Å². The Labute approximate surface area is 203 Å². The van der Waals surface area contributed by atoms with Crippen molar-refractivity contribution in [2.45, 2.75) is 39.5 Å². The molecule has 2 aromatic carbocycles. The summed E-state index contributed by atoms with van der Waals surface area (Å²) in [6.07, 6.45) is 0.539. The summed E-state index contributed by atoms with van der Waals surface area (Å²) >= 11 is 0. The van der Waals surface area contributed by atoms with Crippen LogP contribution in [-0.2, 0) is 16.6 Å². The van der Waals surface area contributed by atoms with Crippen LogP contribution in [0.25, 0.3) is 0 Å². The van der Waals surface area contributed by atoms with Gasteiger partial charge in [0.2, 0.25) is 5.91 Å². The number of nitrogens with one attached hydrogen (secondary N) is 3. The van der Waals surface area contributed by atoms with Gasteiger partial charge < -0.3 is 21.1 Å². The van der Waals surface area contributed by atoms with Crippen LogP contribution in [0.15, 0.2) is 61.2 Å². The van der Waals surface area contributed by atoms with Gasteiger partial charge in [0.05, 0.1) is 5.69 Å². The van der Waals surface area contributed by atoms with E-state index in [2.05, 4.69) is 27.6 Å².